The van der Waals surface area contributed by atoms with Crippen LogP contribution >= 0.6 is 0 Å². The molecule has 1 atom stereocenters. The van der Waals surface area contributed by atoms with Gasteiger partial charge in [0.15, 0.2) is 0 Å². The van der Waals surface area contributed by atoms with Gasteiger partial charge in [-0.3, -0.25) is 0 Å². The van der Waals surface area contributed by atoms with Crippen LogP contribution in [0.2, 0.25) is 0 Å². The number of aliphatic hydroxyl groups is 1. The van der Waals surface area contributed by atoms with E-state index in [1.807, 2.05) is 13.8 Å². The Labute approximate surface area is 49.7 Å². The molecule has 50 valence electrons. The molecule has 0 radical (unpaired) electrons. The van der Waals surface area contributed by atoms with Crippen molar-refractivity contribution in [3.63, 3.8) is 0 Å². The number of carbonyl (C=O) groups is 1. The molecule has 0 aliphatic carbocycles. The number of rotatable bonds is 2. The summed E-state index contributed by atoms with van der Waals surface area (Å²) in [7, 11) is 1.81. The quantitative estimate of drug-likeness (QED) is 0.510. The first-order valence-electron chi connectivity index (χ1n) is 2.39. The summed E-state index contributed by atoms with van der Waals surface area (Å²) in [6.45, 7) is 4.43. The van der Waals surface area contributed by atoms with Crippen LogP contribution in [0.25, 0.3) is 0 Å². The third-order valence-corrected chi connectivity index (χ3v) is 0.500. The van der Waals surface area contributed by atoms with Gasteiger partial charge >= 0.3 is 0 Å². The van der Waals surface area contributed by atoms with E-state index in [9.17, 15) is 0 Å². The van der Waals surface area contributed by atoms with Crippen LogP contribution in [0, 0.1) is 0 Å². The lowest BCUT2D eigenvalue weighted by atomic mass is 10.4. The lowest BCUT2D eigenvalue weighted by molar-refractivity contribution is -0.0979. The van der Waals surface area contributed by atoms with Crippen molar-refractivity contribution in [2.45, 2.75) is 13.0 Å². The highest BCUT2D eigenvalue weighted by Gasteiger charge is 1.86. The van der Waals surface area contributed by atoms with Crippen LogP contribution in [0.15, 0.2) is 0 Å². The van der Waals surface area contributed by atoms with E-state index in [0.29, 0.717) is 6.54 Å². The highest BCUT2D eigenvalue weighted by molar-refractivity contribution is 5.10. The predicted octanol–water partition coefficient (Wildman–Crippen LogP) is -0.598. The Hall–Kier alpha value is -0.410. The van der Waals surface area contributed by atoms with E-state index in [1.165, 1.54) is 0 Å². The average molecular weight is 119 g/mol. The Morgan fingerprint density at radius 1 is 1.75 bits per heavy atom. The molecule has 0 fully saturated rings. The van der Waals surface area contributed by atoms with E-state index < -0.39 is 0 Å². The Morgan fingerprint density at radius 2 is 2.12 bits per heavy atom. The standard InChI is InChI=1S/C4H11NO.CH2O/c1-4(6)3-5-2;1-2/h4-6H,3H2,1-2H3;1H2. The molecule has 2 N–H and O–H groups in total. The van der Waals surface area contributed by atoms with Gasteiger partial charge in [-0.25, -0.2) is 0 Å². The van der Waals surface area contributed by atoms with Crippen molar-refractivity contribution in [1.82, 2.24) is 5.32 Å². The third kappa shape index (κ3) is 17.6. The summed E-state index contributed by atoms with van der Waals surface area (Å²) in [5.41, 5.74) is 0. The minimum atomic E-state index is -0.213. The molecule has 0 rings (SSSR count). The van der Waals surface area contributed by atoms with Crippen molar-refractivity contribution in [2.24, 2.45) is 0 Å². The highest BCUT2D eigenvalue weighted by Crippen LogP contribution is 1.69. The zero-order chi connectivity index (χ0) is 6.99. The topological polar surface area (TPSA) is 49.3 Å². The fourth-order valence-electron chi connectivity index (χ4n) is 0.295. The summed E-state index contributed by atoms with van der Waals surface area (Å²) < 4.78 is 0. The fourth-order valence-corrected chi connectivity index (χ4v) is 0.295. The number of carbonyl (C=O) groups excluding carboxylic acids is 1. The largest absolute Gasteiger partial charge is 0.392 e. The van der Waals surface area contributed by atoms with Crippen LogP contribution in [0.1, 0.15) is 6.92 Å². The van der Waals surface area contributed by atoms with Gasteiger partial charge in [0.25, 0.3) is 0 Å². The number of aliphatic hydroxyl groups excluding tert-OH is 1. The van der Waals surface area contributed by atoms with Gasteiger partial charge in [-0.15, -0.1) is 0 Å². The maximum Gasteiger partial charge on any atom is 0.106 e. The van der Waals surface area contributed by atoms with Crippen molar-refractivity contribution in [3.8, 4) is 0 Å². The van der Waals surface area contributed by atoms with E-state index >= 15 is 0 Å². The molecule has 3 heteroatoms. The summed E-state index contributed by atoms with van der Waals surface area (Å²) in [4.78, 5) is 8.00. The molecule has 0 saturated heterocycles. The normalized spacial score (nSPS) is 11.4. The average Bonchev–Trinajstić information content (AvgIpc) is 1.72. The molecule has 0 aliphatic rings. The van der Waals surface area contributed by atoms with E-state index in [0.717, 1.165) is 0 Å². The molecule has 0 spiro atoms. The SMILES string of the molecule is C=O.CNCC(C)O. The van der Waals surface area contributed by atoms with Crippen LogP contribution in [0.5, 0.6) is 0 Å². The molecule has 0 aromatic carbocycles. The summed E-state index contributed by atoms with van der Waals surface area (Å²) in [5.74, 6) is 0. The van der Waals surface area contributed by atoms with Gasteiger partial charge in [-0.2, -0.15) is 0 Å². The summed E-state index contributed by atoms with van der Waals surface area (Å²) in [6.07, 6.45) is -0.213. The number of hydrogen-bond donors (Lipinski definition) is 2. The molecule has 0 aliphatic heterocycles. The lowest BCUT2D eigenvalue weighted by Crippen LogP contribution is -2.19. The molecule has 0 aromatic rings. The van der Waals surface area contributed by atoms with E-state index in [4.69, 9.17) is 9.90 Å². The molecular weight excluding hydrogens is 106 g/mol. The van der Waals surface area contributed by atoms with Crippen LogP contribution in [-0.2, 0) is 4.79 Å². The second kappa shape index (κ2) is 9.77. The van der Waals surface area contributed by atoms with Crippen molar-refractivity contribution < 1.29 is 9.90 Å². The van der Waals surface area contributed by atoms with E-state index in [1.54, 1.807) is 6.92 Å². The molecule has 0 aromatic heterocycles. The maximum atomic E-state index is 8.49. The number of likely N-dealkylation sites (N-methyl/N-ethyl adjacent to an activating group) is 1. The molecule has 0 amide bonds. The van der Waals surface area contributed by atoms with Gasteiger partial charge in [0.1, 0.15) is 6.79 Å². The zero-order valence-electron chi connectivity index (χ0n) is 5.35. The van der Waals surface area contributed by atoms with Crippen LogP contribution in [-0.4, -0.2) is 31.6 Å². The Morgan fingerprint density at radius 3 is 2.12 bits per heavy atom. The first-order valence-corrected chi connectivity index (χ1v) is 2.39. The fraction of sp³-hybridized carbons (Fsp3) is 0.800. The van der Waals surface area contributed by atoms with Gasteiger partial charge < -0.3 is 15.2 Å². The van der Waals surface area contributed by atoms with Crippen LogP contribution < -0.4 is 5.32 Å². The Kier molecular flexibility index (Phi) is 12.9. The highest BCUT2D eigenvalue weighted by atomic mass is 16.3. The molecule has 0 heterocycles. The van der Waals surface area contributed by atoms with Gasteiger partial charge in [0.05, 0.1) is 6.10 Å². The minimum absolute atomic E-state index is 0.213. The van der Waals surface area contributed by atoms with Gasteiger partial charge in [-0.05, 0) is 14.0 Å². The second-order valence-corrected chi connectivity index (χ2v) is 1.41. The lowest BCUT2D eigenvalue weighted by Gasteiger charge is -1.97. The maximum absolute atomic E-state index is 8.49. The Balaban J connectivity index is 0. The van der Waals surface area contributed by atoms with Crippen LogP contribution in [0.4, 0.5) is 0 Å². The molecule has 0 saturated carbocycles. The van der Waals surface area contributed by atoms with E-state index in [-0.39, 0.29) is 6.10 Å². The molecule has 3 nitrogen and oxygen atoms in total. The van der Waals surface area contributed by atoms with Crippen molar-refractivity contribution in [1.29, 1.82) is 0 Å². The van der Waals surface area contributed by atoms with E-state index in [2.05, 4.69) is 5.32 Å². The molecule has 1 unspecified atom stereocenters. The third-order valence-electron chi connectivity index (χ3n) is 0.500. The van der Waals surface area contributed by atoms with Gasteiger partial charge in [-0.1, -0.05) is 0 Å². The Bertz CT molecular complexity index is 39.4. The monoisotopic (exact) mass is 119 g/mol. The van der Waals surface area contributed by atoms with Crippen molar-refractivity contribution in [3.05, 3.63) is 0 Å². The summed E-state index contributed by atoms with van der Waals surface area (Å²) in [5, 5.41) is 11.3. The number of hydrogen-bond acceptors (Lipinski definition) is 3. The van der Waals surface area contributed by atoms with Crippen LogP contribution in [0.3, 0.4) is 0 Å². The summed E-state index contributed by atoms with van der Waals surface area (Å²) in [6, 6.07) is 0. The minimum Gasteiger partial charge on any atom is -0.392 e. The van der Waals surface area contributed by atoms with Gasteiger partial charge in [0, 0.05) is 6.54 Å². The molecule has 8 heavy (non-hydrogen) atoms. The summed E-state index contributed by atoms with van der Waals surface area (Å²) >= 11 is 0. The smallest absolute Gasteiger partial charge is 0.106 e. The van der Waals surface area contributed by atoms with Gasteiger partial charge in [0.2, 0.25) is 0 Å². The predicted molar refractivity (Wildman–Crippen MR) is 32.7 cm³/mol. The molecular formula is C5H13NO2. The number of nitrogens with one attached hydrogen (secondary N) is 1. The zero-order valence-corrected chi connectivity index (χ0v) is 5.35. The van der Waals surface area contributed by atoms with Crippen molar-refractivity contribution >= 4 is 6.79 Å². The molecule has 0 bridgehead atoms. The second-order valence-electron chi connectivity index (χ2n) is 1.41. The first kappa shape index (κ1) is 10.5. The van der Waals surface area contributed by atoms with Crippen molar-refractivity contribution in [2.75, 3.05) is 13.6 Å². The first-order chi connectivity index (χ1) is 3.77.